The van der Waals surface area contributed by atoms with Gasteiger partial charge >= 0.3 is 0 Å². The average molecular weight is 390 g/mol. The summed E-state index contributed by atoms with van der Waals surface area (Å²) in [5, 5.41) is 5.94. The maximum Gasteiger partial charge on any atom is 0.251 e. The summed E-state index contributed by atoms with van der Waals surface area (Å²) in [5.74, 6) is 1.000. The Morgan fingerprint density at radius 2 is 2.04 bits per heavy atom. The van der Waals surface area contributed by atoms with Crippen LogP contribution in [0.25, 0.3) is 0 Å². The van der Waals surface area contributed by atoms with E-state index in [4.69, 9.17) is 10.5 Å². The fraction of sp³-hybridized carbons (Fsp3) is 0.650. The zero-order valence-corrected chi connectivity index (χ0v) is 16.5. The molecule has 1 aliphatic heterocycles. The normalized spacial score (nSPS) is 22.2. The van der Waals surface area contributed by atoms with E-state index in [0.29, 0.717) is 37.5 Å². The lowest BCUT2D eigenvalue weighted by molar-refractivity contribution is -0.122. The van der Waals surface area contributed by atoms with Crippen molar-refractivity contribution in [1.29, 1.82) is 0 Å². The molecule has 1 aromatic heterocycles. The summed E-state index contributed by atoms with van der Waals surface area (Å²) in [6.45, 7) is 2.66. The predicted octanol–water partition coefficient (Wildman–Crippen LogP) is 0.789. The number of nitrogens with zero attached hydrogens (tertiary/aromatic N) is 2. The van der Waals surface area contributed by atoms with Gasteiger partial charge in [-0.25, -0.2) is 4.98 Å². The number of carbonyl (C=O) groups is 2. The highest BCUT2D eigenvalue weighted by Gasteiger charge is 2.37. The Labute approximate surface area is 166 Å². The van der Waals surface area contributed by atoms with Crippen molar-refractivity contribution in [2.75, 3.05) is 39.1 Å². The smallest absolute Gasteiger partial charge is 0.251 e. The van der Waals surface area contributed by atoms with Gasteiger partial charge < -0.3 is 21.1 Å². The first-order valence-electron chi connectivity index (χ1n) is 10.1. The first-order chi connectivity index (χ1) is 13.6. The van der Waals surface area contributed by atoms with Gasteiger partial charge in [-0.3, -0.25) is 14.5 Å². The molecule has 0 spiro atoms. The van der Waals surface area contributed by atoms with Crippen LogP contribution in [0, 0.1) is 5.92 Å². The monoisotopic (exact) mass is 389 g/mol. The first kappa shape index (κ1) is 20.5. The molecule has 1 aromatic rings. The number of hydrogen-bond donors (Lipinski definition) is 3. The maximum atomic E-state index is 12.4. The molecule has 0 unspecified atom stereocenters. The summed E-state index contributed by atoms with van der Waals surface area (Å²) in [6, 6.07) is 3.75. The van der Waals surface area contributed by atoms with Gasteiger partial charge in [0.25, 0.3) is 5.91 Å². The molecule has 154 valence electrons. The zero-order valence-electron chi connectivity index (χ0n) is 16.5. The molecule has 1 aliphatic carbocycles. The number of rotatable bonds is 10. The Balaban J connectivity index is 1.53. The van der Waals surface area contributed by atoms with E-state index in [1.54, 1.807) is 19.2 Å². The number of amides is 2. The lowest BCUT2D eigenvalue weighted by atomic mass is 10.1. The van der Waals surface area contributed by atoms with Crippen LogP contribution in [0.3, 0.4) is 0 Å². The van der Waals surface area contributed by atoms with E-state index in [-0.39, 0.29) is 23.9 Å². The van der Waals surface area contributed by atoms with Crippen LogP contribution >= 0.6 is 0 Å². The van der Waals surface area contributed by atoms with E-state index >= 15 is 0 Å². The standard InChI is InChI=1S/C20H31N5O3/c1-28-9-8-23-19(26)11-16-4-5-17(25(16)13-14-2-3-14)12-24-20(27)15-6-7-22-18(21)10-15/h6-7,10,14,16-17H,2-5,8-9,11-13H2,1H3,(H2,21,22)(H,23,26)(H,24,27)/t16-,17+/m1/s1. The van der Waals surface area contributed by atoms with Crippen LogP contribution in [0.15, 0.2) is 18.3 Å². The largest absolute Gasteiger partial charge is 0.384 e. The van der Waals surface area contributed by atoms with Crippen molar-refractivity contribution < 1.29 is 14.3 Å². The van der Waals surface area contributed by atoms with E-state index in [1.165, 1.54) is 19.0 Å². The van der Waals surface area contributed by atoms with Crippen molar-refractivity contribution in [2.45, 2.75) is 44.2 Å². The number of likely N-dealkylation sites (tertiary alicyclic amines) is 1. The van der Waals surface area contributed by atoms with Gasteiger partial charge in [-0.1, -0.05) is 0 Å². The van der Waals surface area contributed by atoms with Gasteiger partial charge in [0.1, 0.15) is 5.82 Å². The SMILES string of the molecule is COCCNC(=O)C[C@H]1CC[C@@H](CNC(=O)c2ccnc(N)c2)N1CC1CC1. The van der Waals surface area contributed by atoms with Crippen LogP contribution in [0.5, 0.6) is 0 Å². The fourth-order valence-corrected chi connectivity index (χ4v) is 3.83. The molecule has 2 heterocycles. The van der Waals surface area contributed by atoms with Crippen LogP contribution < -0.4 is 16.4 Å². The summed E-state index contributed by atoms with van der Waals surface area (Å²) in [4.78, 5) is 31.0. The predicted molar refractivity (Wildman–Crippen MR) is 107 cm³/mol. The Kier molecular flexibility index (Phi) is 7.22. The number of nitrogens with two attached hydrogens (primary N) is 1. The third-order valence-electron chi connectivity index (χ3n) is 5.53. The maximum absolute atomic E-state index is 12.4. The third kappa shape index (κ3) is 5.90. The molecule has 0 aromatic carbocycles. The minimum absolute atomic E-state index is 0.0693. The average Bonchev–Trinajstić information content (AvgIpc) is 3.42. The highest BCUT2D eigenvalue weighted by Crippen LogP contribution is 2.35. The summed E-state index contributed by atoms with van der Waals surface area (Å²) in [6.07, 6.45) is 6.53. The van der Waals surface area contributed by atoms with Crippen LogP contribution in [0.1, 0.15) is 42.5 Å². The van der Waals surface area contributed by atoms with Gasteiger partial charge in [0.2, 0.25) is 5.91 Å². The molecule has 3 rings (SSSR count). The van der Waals surface area contributed by atoms with Crippen molar-refractivity contribution in [3.8, 4) is 0 Å². The molecule has 2 amide bonds. The van der Waals surface area contributed by atoms with E-state index in [0.717, 1.165) is 25.3 Å². The molecule has 2 fully saturated rings. The lowest BCUT2D eigenvalue weighted by Crippen LogP contribution is -2.45. The van der Waals surface area contributed by atoms with E-state index in [1.807, 2.05) is 0 Å². The third-order valence-corrected chi connectivity index (χ3v) is 5.53. The van der Waals surface area contributed by atoms with Gasteiger partial charge in [0.15, 0.2) is 0 Å². The van der Waals surface area contributed by atoms with Crippen molar-refractivity contribution in [3.05, 3.63) is 23.9 Å². The van der Waals surface area contributed by atoms with Crippen molar-refractivity contribution in [2.24, 2.45) is 5.92 Å². The van der Waals surface area contributed by atoms with Gasteiger partial charge in [0.05, 0.1) is 6.61 Å². The van der Waals surface area contributed by atoms with Gasteiger partial charge in [-0.15, -0.1) is 0 Å². The highest BCUT2D eigenvalue weighted by atomic mass is 16.5. The minimum Gasteiger partial charge on any atom is -0.384 e. The molecular weight excluding hydrogens is 358 g/mol. The van der Waals surface area contributed by atoms with Gasteiger partial charge in [-0.2, -0.15) is 0 Å². The van der Waals surface area contributed by atoms with E-state index in [9.17, 15) is 9.59 Å². The number of nitrogens with one attached hydrogen (secondary N) is 2. The number of aromatic nitrogens is 1. The van der Waals surface area contributed by atoms with E-state index in [2.05, 4.69) is 20.5 Å². The van der Waals surface area contributed by atoms with Crippen molar-refractivity contribution in [3.63, 3.8) is 0 Å². The summed E-state index contributed by atoms with van der Waals surface area (Å²) in [7, 11) is 1.62. The second kappa shape index (κ2) is 9.84. The number of nitrogen functional groups attached to an aromatic ring is 1. The molecule has 0 bridgehead atoms. The number of hydrogen-bond acceptors (Lipinski definition) is 6. The number of pyridine rings is 1. The number of carbonyl (C=O) groups excluding carboxylic acids is 2. The lowest BCUT2D eigenvalue weighted by Gasteiger charge is -2.30. The molecule has 28 heavy (non-hydrogen) atoms. The second-order valence-electron chi connectivity index (χ2n) is 7.75. The molecule has 2 atom stereocenters. The second-order valence-corrected chi connectivity index (χ2v) is 7.75. The topological polar surface area (TPSA) is 110 Å². The Morgan fingerprint density at radius 1 is 1.25 bits per heavy atom. The molecule has 4 N–H and O–H groups in total. The number of anilines is 1. The number of ether oxygens (including phenoxy) is 1. The quantitative estimate of drug-likeness (QED) is 0.511. The zero-order chi connectivity index (χ0) is 19.9. The summed E-state index contributed by atoms with van der Waals surface area (Å²) >= 11 is 0. The van der Waals surface area contributed by atoms with Crippen LogP contribution in [-0.4, -0.2) is 67.1 Å². The fourth-order valence-electron chi connectivity index (χ4n) is 3.83. The summed E-state index contributed by atoms with van der Waals surface area (Å²) < 4.78 is 4.98. The molecule has 1 saturated heterocycles. The minimum atomic E-state index is -0.138. The summed E-state index contributed by atoms with van der Waals surface area (Å²) in [5.41, 5.74) is 6.18. The van der Waals surface area contributed by atoms with Crippen molar-refractivity contribution >= 4 is 17.6 Å². The van der Waals surface area contributed by atoms with Crippen LogP contribution in [0.2, 0.25) is 0 Å². The molecule has 0 radical (unpaired) electrons. The van der Waals surface area contributed by atoms with Gasteiger partial charge in [0, 0.05) is 57.0 Å². The van der Waals surface area contributed by atoms with Crippen molar-refractivity contribution in [1.82, 2.24) is 20.5 Å². The molecule has 2 aliphatic rings. The van der Waals surface area contributed by atoms with Gasteiger partial charge in [-0.05, 0) is 43.7 Å². The molecule has 1 saturated carbocycles. The highest BCUT2D eigenvalue weighted by molar-refractivity contribution is 5.94. The Morgan fingerprint density at radius 3 is 2.75 bits per heavy atom. The van der Waals surface area contributed by atoms with Crippen LogP contribution in [-0.2, 0) is 9.53 Å². The van der Waals surface area contributed by atoms with E-state index < -0.39 is 0 Å². The Bertz CT molecular complexity index is 680. The first-order valence-corrected chi connectivity index (χ1v) is 10.1. The molecular formula is C20H31N5O3. The molecule has 8 nitrogen and oxygen atoms in total. The Hall–Kier alpha value is -2.19. The number of methoxy groups -OCH3 is 1. The molecule has 8 heteroatoms. The van der Waals surface area contributed by atoms with Crippen LogP contribution in [0.4, 0.5) is 5.82 Å².